The van der Waals surface area contributed by atoms with E-state index in [0.717, 1.165) is 10.5 Å². The first kappa shape index (κ1) is 36.9. The third kappa shape index (κ3) is 9.89. The summed E-state index contributed by atoms with van der Waals surface area (Å²) in [6.07, 6.45) is 1.52. The van der Waals surface area contributed by atoms with E-state index in [0.29, 0.717) is 39.6 Å². The van der Waals surface area contributed by atoms with Gasteiger partial charge in [0.2, 0.25) is 5.91 Å². The lowest BCUT2D eigenvalue weighted by molar-refractivity contribution is -0.116. The summed E-state index contributed by atoms with van der Waals surface area (Å²) in [5.41, 5.74) is 3.07. The molecule has 0 saturated heterocycles. The SMILES string of the molecule is CCOC(=O)c1ccc(NC(=O)C(Sc2ccc(NC(=O)/C(=C/c3cc(OC)ccc3OC)NC(=O)c3ccccc3)cc2)c2ccccc2)cc1. The minimum Gasteiger partial charge on any atom is -0.497 e. The van der Waals surface area contributed by atoms with Gasteiger partial charge < -0.3 is 30.2 Å². The van der Waals surface area contributed by atoms with Crippen LogP contribution in [0, 0.1) is 0 Å². The number of carbonyl (C=O) groups is 4. The zero-order chi connectivity index (χ0) is 36.9. The van der Waals surface area contributed by atoms with Crippen molar-refractivity contribution in [2.45, 2.75) is 17.1 Å². The van der Waals surface area contributed by atoms with Gasteiger partial charge in [0.05, 0.1) is 26.4 Å². The maximum Gasteiger partial charge on any atom is 0.338 e. The number of thioether (sulfide) groups is 1. The summed E-state index contributed by atoms with van der Waals surface area (Å²) < 4.78 is 15.9. The Bertz CT molecular complexity index is 2040. The molecule has 0 bridgehead atoms. The molecule has 3 N–H and O–H groups in total. The number of esters is 1. The molecule has 0 spiro atoms. The van der Waals surface area contributed by atoms with Crippen LogP contribution in [0.15, 0.2) is 138 Å². The number of benzene rings is 5. The third-order valence-corrected chi connectivity index (χ3v) is 8.90. The highest BCUT2D eigenvalue weighted by atomic mass is 32.2. The van der Waals surface area contributed by atoms with Gasteiger partial charge in [0, 0.05) is 27.4 Å². The van der Waals surface area contributed by atoms with Crippen molar-refractivity contribution < 1.29 is 33.4 Å². The lowest BCUT2D eigenvalue weighted by Gasteiger charge is -2.18. The minimum absolute atomic E-state index is 0.0186. The lowest BCUT2D eigenvalue weighted by Crippen LogP contribution is -2.30. The number of anilines is 2. The van der Waals surface area contributed by atoms with Crippen molar-refractivity contribution in [3.63, 3.8) is 0 Å². The van der Waals surface area contributed by atoms with E-state index in [-0.39, 0.29) is 18.2 Å². The van der Waals surface area contributed by atoms with Gasteiger partial charge in [-0.3, -0.25) is 14.4 Å². The highest BCUT2D eigenvalue weighted by Crippen LogP contribution is 2.37. The number of amides is 3. The molecule has 5 aromatic rings. The standard InChI is InChI=1S/C41H37N3O7S/c1-4-51-41(48)29-15-17-31(18-16-29)43-40(47)37(27-11-7-5-8-12-27)52-34-22-19-32(20-23-34)42-39(46)35(44-38(45)28-13-9-6-10-14-28)26-30-25-33(49-2)21-24-36(30)50-3/h5-26,37H,4H2,1-3H3,(H,42,46)(H,43,47)(H,44,45)/b35-26-. The molecule has 264 valence electrons. The first-order valence-electron chi connectivity index (χ1n) is 16.3. The number of methoxy groups -OCH3 is 2. The molecule has 0 saturated carbocycles. The van der Waals surface area contributed by atoms with Gasteiger partial charge in [-0.05, 0) is 97.4 Å². The normalized spacial score (nSPS) is 11.5. The van der Waals surface area contributed by atoms with Gasteiger partial charge in [0.25, 0.3) is 11.8 Å². The largest absolute Gasteiger partial charge is 0.497 e. The second kappa shape index (κ2) is 18.1. The number of hydrogen-bond donors (Lipinski definition) is 3. The Morgan fingerprint density at radius 2 is 1.35 bits per heavy atom. The molecular formula is C41H37N3O7S. The maximum atomic E-state index is 13.7. The second-order valence-electron chi connectivity index (χ2n) is 11.2. The molecule has 0 aliphatic heterocycles. The number of ether oxygens (including phenoxy) is 3. The average Bonchev–Trinajstić information content (AvgIpc) is 3.18. The first-order valence-corrected chi connectivity index (χ1v) is 17.2. The quantitative estimate of drug-likeness (QED) is 0.0604. The topological polar surface area (TPSA) is 132 Å². The number of nitrogens with one attached hydrogen (secondary N) is 3. The van der Waals surface area contributed by atoms with Gasteiger partial charge in [-0.25, -0.2) is 4.79 Å². The molecule has 0 fully saturated rings. The summed E-state index contributed by atoms with van der Waals surface area (Å²) in [5.74, 6) is -0.690. The molecule has 5 aromatic carbocycles. The monoisotopic (exact) mass is 715 g/mol. The molecule has 11 heteroatoms. The van der Waals surface area contributed by atoms with E-state index in [1.165, 1.54) is 32.1 Å². The predicted octanol–water partition coefficient (Wildman–Crippen LogP) is 7.76. The van der Waals surface area contributed by atoms with Crippen molar-refractivity contribution >= 4 is 52.9 Å². The zero-order valence-electron chi connectivity index (χ0n) is 28.8. The molecule has 0 aromatic heterocycles. The molecular weight excluding hydrogens is 679 g/mol. The van der Waals surface area contributed by atoms with Crippen LogP contribution in [0.3, 0.4) is 0 Å². The summed E-state index contributed by atoms with van der Waals surface area (Å²) in [7, 11) is 3.04. The first-order chi connectivity index (χ1) is 25.3. The van der Waals surface area contributed by atoms with E-state index in [1.54, 1.807) is 104 Å². The van der Waals surface area contributed by atoms with Crippen LogP contribution in [0.4, 0.5) is 11.4 Å². The Morgan fingerprint density at radius 1 is 0.712 bits per heavy atom. The minimum atomic E-state index is -0.619. The van der Waals surface area contributed by atoms with Crippen molar-refractivity contribution in [2.75, 3.05) is 31.5 Å². The van der Waals surface area contributed by atoms with Gasteiger partial charge in [-0.2, -0.15) is 0 Å². The highest BCUT2D eigenvalue weighted by molar-refractivity contribution is 8.00. The third-order valence-electron chi connectivity index (χ3n) is 7.64. The molecule has 0 aliphatic carbocycles. The maximum absolute atomic E-state index is 13.7. The van der Waals surface area contributed by atoms with E-state index in [9.17, 15) is 19.2 Å². The van der Waals surface area contributed by atoms with Crippen molar-refractivity contribution in [1.82, 2.24) is 5.32 Å². The smallest absolute Gasteiger partial charge is 0.338 e. The van der Waals surface area contributed by atoms with Crippen LogP contribution in [0.1, 0.15) is 44.0 Å². The van der Waals surface area contributed by atoms with Gasteiger partial charge in [0.15, 0.2) is 0 Å². The number of carbonyl (C=O) groups excluding carboxylic acids is 4. The van der Waals surface area contributed by atoms with Gasteiger partial charge >= 0.3 is 5.97 Å². The van der Waals surface area contributed by atoms with Crippen LogP contribution < -0.4 is 25.4 Å². The summed E-state index contributed by atoms with van der Waals surface area (Å²) in [5, 5.41) is 7.92. The Labute approximate surface area is 306 Å². The van der Waals surface area contributed by atoms with Crippen LogP contribution in [-0.2, 0) is 14.3 Å². The molecule has 5 rings (SSSR count). The molecule has 52 heavy (non-hydrogen) atoms. The van der Waals surface area contributed by atoms with Crippen LogP contribution in [0.2, 0.25) is 0 Å². The molecule has 0 heterocycles. The van der Waals surface area contributed by atoms with Gasteiger partial charge in [-0.1, -0.05) is 48.5 Å². The van der Waals surface area contributed by atoms with Crippen molar-refractivity contribution in [2.24, 2.45) is 0 Å². The van der Waals surface area contributed by atoms with Crippen LogP contribution in [0.5, 0.6) is 11.5 Å². The van der Waals surface area contributed by atoms with Crippen LogP contribution in [0.25, 0.3) is 6.08 Å². The summed E-state index contributed by atoms with van der Waals surface area (Å²) >= 11 is 1.34. The summed E-state index contributed by atoms with van der Waals surface area (Å²) in [4.78, 5) is 53.3. The molecule has 3 amide bonds. The van der Waals surface area contributed by atoms with Crippen molar-refractivity contribution in [3.8, 4) is 11.5 Å². The van der Waals surface area contributed by atoms with Gasteiger partial charge in [-0.15, -0.1) is 11.8 Å². The van der Waals surface area contributed by atoms with E-state index < -0.39 is 23.0 Å². The molecule has 0 radical (unpaired) electrons. The highest BCUT2D eigenvalue weighted by Gasteiger charge is 2.23. The van der Waals surface area contributed by atoms with E-state index in [4.69, 9.17) is 14.2 Å². The fraction of sp³-hybridized carbons (Fsp3) is 0.122. The number of rotatable bonds is 14. The van der Waals surface area contributed by atoms with E-state index in [2.05, 4.69) is 16.0 Å². The van der Waals surface area contributed by atoms with Crippen LogP contribution in [-0.4, -0.2) is 44.5 Å². The van der Waals surface area contributed by atoms with Crippen molar-refractivity contribution in [1.29, 1.82) is 0 Å². The van der Waals surface area contributed by atoms with Gasteiger partial charge in [0.1, 0.15) is 22.4 Å². The predicted molar refractivity (Wildman–Crippen MR) is 203 cm³/mol. The second-order valence-corrected chi connectivity index (χ2v) is 12.3. The molecule has 1 unspecified atom stereocenters. The average molecular weight is 716 g/mol. The van der Waals surface area contributed by atoms with Crippen LogP contribution >= 0.6 is 11.8 Å². The van der Waals surface area contributed by atoms with E-state index in [1.807, 2.05) is 30.3 Å². The molecule has 0 aliphatic rings. The Balaban J connectivity index is 1.34. The molecule has 1 atom stereocenters. The zero-order valence-corrected chi connectivity index (χ0v) is 29.6. The van der Waals surface area contributed by atoms with E-state index >= 15 is 0 Å². The Hall–Kier alpha value is -6.33. The number of hydrogen-bond acceptors (Lipinski definition) is 8. The summed E-state index contributed by atoms with van der Waals surface area (Å²) in [6, 6.07) is 36.6. The fourth-order valence-electron chi connectivity index (χ4n) is 5.01. The Morgan fingerprint density at radius 3 is 1.98 bits per heavy atom. The summed E-state index contributed by atoms with van der Waals surface area (Å²) in [6.45, 7) is 2.01. The lowest BCUT2D eigenvalue weighted by atomic mass is 10.1. The fourth-order valence-corrected chi connectivity index (χ4v) is 6.04. The van der Waals surface area contributed by atoms with Crippen molar-refractivity contribution in [3.05, 3.63) is 155 Å². The molecule has 10 nitrogen and oxygen atoms in total. The Kier molecular flexibility index (Phi) is 12.8.